The van der Waals surface area contributed by atoms with Crippen molar-refractivity contribution < 1.29 is 9.18 Å². The van der Waals surface area contributed by atoms with Gasteiger partial charge in [0.1, 0.15) is 5.82 Å². The summed E-state index contributed by atoms with van der Waals surface area (Å²) < 4.78 is 13.3. The number of benzene rings is 1. The minimum Gasteiger partial charge on any atom is -0.278 e. The van der Waals surface area contributed by atoms with Crippen LogP contribution in [-0.4, -0.2) is 12.5 Å². The molecule has 1 aromatic rings. The zero-order valence-electron chi connectivity index (χ0n) is 7.46. The van der Waals surface area contributed by atoms with Crippen LogP contribution in [0.25, 0.3) is 0 Å². The number of carbonyl (C=O) groups excluding carboxylic acids is 1. The normalized spacial score (nSPS) is 15.9. The molecule has 0 unspecified atom stereocenters. The van der Waals surface area contributed by atoms with Crippen molar-refractivity contribution in [1.29, 1.82) is 0 Å². The molecule has 1 heterocycles. The van der Waals surface area contributed by atoms with E-state index in [0.29, 0.717) is 17.8 Å². The fourth-order valence-corrected chi connectivity index (χ4v) is 1.32. The van der Waals surface area contributed by atoms with E-state index in [-0.39, 0.29) is 11.7 Å². The Morgan fingerprint density at radius 3 is 2.71 bits per heavy atom. The fourth-order valence-electron chi connectivity index (χ4n) is 1.32. The number of para-hydroxylation sites is 1. The topological polar surface area (TPSA) is 32.3 Å². The van der Waals surface area contributed by atoms with Gasteiger partial charge in [-0.05, 0) is 12.1 Å². The first-order chi connectivity index (χ1) is 6.68. The Kier molecular flexibility index (Phi) is 1.96. The maximum atomic E-state index is 13.3. The molecule has 72 valence electrons. The zero-order chi connectivity index (χ0) is 10.1. The number of hydrogen-bond donors (Lipinski definition) is 1. The lowest BCUT2D eigenvalue weighted by Crippen LogP contribution is -2.33. The number of carbonyl (C=O) groups is 1. The lowest BCUT2D eigenvalue weighted by molar-refractivity contribution is -0.116. The van der Waals surface area contributed by atoms with Gasteiger partial charge in [-0.3, -0.25) is 15.2 Å². The van der Waals surface area contributed by atoms with Crippen molar-refractivity contribution in [2.24, 2.45) is 0 Å². The van der Waals surface area contributed by atoms with Crippen LogP contribution in [-0.2, 0) is 4.79 Å². The van der Waals surface area contributed by atoms with Crippen LogP contribution < -0.4 is 10.4 Å². The highest BCUT2D eigenvalue weighted by atomic mass is 19.1. The highest BCUT2D eigenvalue weighted by Crippen LogP contribution is 2.20. The van der Waals surface area contributed by atoms with Crippen LogP contribution in [0.2, 0.25) is 0 Å². The van der Waals surface area contributed by atoms with Gasteiger partial charge in [-0.2, -0.15) is 0 Å². The quantitative estimate of drug-likeness (QED) is 0.679. The molecule has 0 aromatic heterocycles. The Morgan fingerprint density at radius 1 is 1.43 bits per heavy atom. The number of hydrazine groups is 1. The number of nitrogens with one attached hydrogen (secondary N) is 1. The third-order valence-electron chi connectivity index (χ3n) is 2.05. The molecule has 4 heteroatoms. The minimum absolute atomic E-state index is 0.256. The third-order valence-corrected chi connectivity index (χ3v) is 2.05. The second-order valence-electron chi connectivity index (χ2n) is 3.08. The Hall–Kier alpha value is -1.84. The Bertz CT molecular complexity index is 387. The second-order valence-corrected chi connectivity index (χ2v) is 3.08. The van der Waals surface area contributed by atoms with Crippen LogP contribution in [0.15, 0.2) is 36.4 Å². The van der Waals surface area contributed by atoms with Gasteiger partial charge in [0.2, 0.25) is 0 Å². The van der Waals surface area contributed by atoms with Crippen molar-refractivity contribution >= 4 is 11.6 Å². The molecule has 0 radical (unpaired) electrons. The van der Waals surface area contributed by atoms with Gasteiger partial charge in [-0.25, -0.2) is 4.39 Å². The summed E-state index contributed by atoms with van der Waals surface area (Å²) in [6, 6.07) is 6.27. The molecule has 3 nitrogen and oxygen atoms in total. The van der Waals surface area contributed by atoms with Gasteiger partial charge in [-0.1, -0.05) is 18.7 Å². The average molecular weight is 192 g/mol. The molecule has 0 aliphatic carbocycles. The van der Waals surface area contributed by atoms with E-state index in [4.69, 9.17) is 0 Å². The molecule has 0 saturated carbocycles. The molecule has 1 amide bonds. The Morgan fingerprint density at radius 2 is 2.14 bits per heavy atom. The summed E-state index contributed by atoms with van der Waals surface area (Å²) in [5, 5.41) is 1.44. The van der Waals surface area contributed by atoms with Crippen LogP contribution in [0.5, 0.6) is 0 Å². The van der Waals surface area contributed by atoms with E-state index in [1.807, 2.05) is 0 Å². The summed E-state index contributed by atoms with van der Waals surface area (Å²) in [5.41, 5.74) is 3.31. The predicted molar refractivity (Wildman–Crippen MR) is 51.0 cm³/mol. The number of anilines is 1. The summed E-state index contributed by atoms with van der Waals surface area (Å²) >= 11 is 0. The maximum absolute atomic E-state index is 13.3. The molecular weight excluding hydrogens is 183 g/mol. The van der Waals surface area contributed by atoms with Crippen molar-refractivity contribution in [3.05, 3.63) is 42.2 Å². The van der Waals surface area contributed by atoms with Gasteiger partial charge < -0.3 is 0 Å². The van der Waals surface area contributed by atoms with Crippen LogP contribution >= 0.6 is 0 Å². The smallest absolute Gasteiger partial charge is 0.267 e. The first kappa shape index (κ1) is 8.74. The highest BCUT2D eigenvalue weighted by molar-refractivity contribution is 5.97. The molecule has 1 fully saturated rings. The molecule has 1 aliphatic heterocycles. The first-order valence-corrected chi connectivity index (χ1v) is 4.19. The molecule has 0 atom stereocenters. The molecule has 1 N–H and O–H groups in total. The largest absolute Gasteiger partial charge is 0.278 e. The third kappa shape index (κ3) is 1.35. The first-order valence-electron chi connectivity index (χ1n) is 4.19. The Balaban J connectivity index is 2.30. The number of halogens is 1. The van der Waals surface area contributed by atoms with E-state index in [0.717, 1.165) is 0 Å². The molecule has 1 aromatic carbocycles. The SMILES string of the molecule is C=C1CN(c2ccccc2F)NC1=O. The van der Waals surface area contributed by atoms with E-state index < -0.39 is 0 Å². The molecule has 14 heavy (non-hydrogen) atoms. The van der Waals surface area contributed by atoms with Crippen molar-refractivity contribution in [2.45, 2.75) is 0 Å². The molecule has 1 aliphatic rings. The van der Waals surface area contributed by atoms with Gasteiger partial charge in [0, 0.05) is 5.57 Å². The van der Waals surface area contributed by atoms with E-state index in [2.05, 4.69) is 12.0 Å². The van der Waals surface area contributed by atoms with Crippen molar-refractivity contribution in [3.63, 3.8) is 0 Å². The molecule has 2 rings (SSSR count). The van der Waals surface area contributed by atoms with Gasteiger partial charge in [0.15, 0.2) is 0 Å². The van der Waals surface area contributed by atoms with Crippen molar-refractivity contribution in [2.75, 3.05) is 11.6 Å². The summed E-state index contributed by atoms with van der Waals surface area (Å²) in [7, 11) is 0. The molecule has 1 saturated heterocycles. The van der Waals surface area contributed by atoms with Crippen LogP contribution in [0.1, 0.15) is 0 Å². The molecular formula is C10H9FN2O. The van der Waals surface area contributed by atoms with Crippen LogP contribution in [0.4, 0.5) is 10.1 Å². The van der Waals surface area contributed by atoms with Gasteiger partial charge in [0.05, 0.1) is 12.2 Å². The number of amides is 1. The van der Waals surface area contributed by atoms with E-state index in [1.165, 1.54) is 11.1 Å². The number of rotatable bonds is 1. The summed E-state index contributed by atoms with van der Waals surface area (Å²) in [6.45, 7) is 3.88. The summed E-state index contributed by atoms with van der Waals surface area (Å²) in [5.74, 6) is -0.615. The number of hydrogen-bond acceptors (Lipinski definition) is 2. The lowest BCUT2D eigenvalue weighted by Gasteiger charge is -2.16. The van der Waals surface area contributed by atoms with Crippen molar-refractivity contribution in [3.8, 4) is 0 Å². The zero-order valence-corrected chi connectivity index (χ0v) is 7.46. The molecule has 0 bridgehead atoms. The van der Waals surface area contributed by atoms with E-state index in [9.17, 15) is 9.18 Å². The summed E-state index contributed by atoms with van der Waals surface area (Å²) in [6.07, 6.45) is 0. The fraction of sp³-hybridized carbons (Fsp3) is 0.100. The lowest BCUT2D eigenvalue weighted by atomic mass is 10.3. The van der Waals surface area contributed by atoms with E-state index >= 15 is 0 Å². The van der Waals surface area contributed by atoms with Crippen LogP contribution in [0, 0.1) is 5.82 Å². The van der Waals surface area contributed by atoms with Gasteiger partial charge in [-0.15, -0.1) is 0 Å². The van der Waals surface area contributed by atoms with E-state index in [1.54, 1.807) is 18.2 Å². The Labute approximate surface area is 80.8 Å². The second kappa shape index (κ2) is 3.14. The standard InChI is InChI=1S/C10H9FN2O/c1-7-6-13(12-10(7)14)9-5-3-2-4-8(9)11/h2-5H,1,6H2,(H,12,14). The highest BCUT2D eigenvalue weighted by Gasteiger charge is 2.24. The molecule has 0 spiro atoms. The average Bonchev–Trinajstić information content (AvgIpc) is 2.48. The maximum Gasteiger partial charge on any atom is 0.267 e. The summed E-state index contributed by atoms with van der Waals surface area (Å²) in [4.78, 5) is 11.1. The van der Waals surface area contributed by atoms with Crippen LogP contribution in [0.3, 0.4) is 0 Å². The minimum atomic E-state index is -0.359. The van der Waals surface area contributed by atoms with Gasteiger partial charge in [0.25, 0.3) is 5.91 Å². The van der Waals surface area contributed by atoms with Gasteiger partial charge >= 0.3 is 0 Å². The van der Waals surface area contributed by atoms with Crippen molar-refractivity contribution in [1.82, 2.24) is 5.43 Å². The monoisotopic (exact) mass is 192 g/mol. The predicted octanol–water partition coefficient (Wildman–Crippen LogP) is 1.23. The number of nitrogens with zero attached hydrogens (tertiary/aromatic N) is 1.